The molecule has 84 valence electrons. The molecule has 0 saturated heterocycles. The van der Waals surface area contributed by atoms with Gasteiger partial charge in [-0.25, -0.2) is 4.79 Å². The molecule has 0 fully saturated rings. The number of carbonyl (C=O) groups excluding carboxylic acids is 2. The molecule has 0 aromatic heterocycles. The van der Waals surface area contributed by atoms with Gasteiger partial charge in [-0.3, -0.25) is 4.79 Å². The maximum absolute atomic E-state index is 11.4. The van der Waals surface area contributed by atoms with E-state index in [2.05, 4.69) is 0 Å². The lowest BCUT2D eigenvalue weighted by molar-refractivity contribution is 0.0532. The number of fused-ring (bicyclic) bond motifs is 1. The van der Waals surface area contributed by atoms with Crippen LogP contribution in [0.5, 0.6) is 11.5 Å². The van der Waals surface area contributed by atoms with Crippen molar-refractivity contribution in [2.75, 3.05) is 7.11 Å². The highest BCUT2D eigenvalue weighted by Crippen LogP contribution is 2.40. The molecule has 5 heteroatoms. The van der Waals surface area contributed by atoms with E-state index in [1.165, 1.54) is 7.11 Å². The third-order valence-corrected chi connectivity index (χ3v) is 2.68. The van der Waals surface area contributed by atoms with Crippen molar-refractivity contribution in [3.05, 3.63) is 22.3 Å². The fourth-order valence-corrected chi connectivity index (χ4v) is 1.88. The van der Waals surface area contributed by atoms with Gasteiger partial charge in [0.05, 0.1) is 12.7 Å². The summed E-state index contributed by atoms with van der Waals surface area (Å²) in [5.41, 5.74) is 1.08. The molecule has 0 atom stereocenters. The molecule has 1 N–H and O–H groups in total. The maximum atomic E-state index is 11.4. The van der Waals surface area contributed by atoms with Crippen LogP contribution in [-0.4, -0.2) is 24.5 Å². The summed E-state index contributed by atoms with van der Waals surface area (Å²) < 4.78 is 9.84. The van der Waals surface area contributed by atoms with Crippen molar-refractivity contribution >= 4 is 12.3 Å². The van der Waals surface area contributed by atoms with Crippen LogP contribution < -0.4 is 4.74 Å². The Kier molecular flexibility index (Phi) is 2.30. The number of cyclic esters (lactones) is 1. The van der Waals surface area contributed by atoms with E-state index < -0.39 is 5.97 Å². The molecule has 0 saturated carbocycles. The van der Waals surface area contributed by atoms with Crippen LogP contribution in [-0.2, 0) is 11.3 Å². The second-order valence-corrected chi connectivity index (χ2v) is 3.47. The quantitative estimate of drug-likeness (QED) is 0.601. The second-order valence-electron chi connectivity index (χ2n) is 3.47. The number of aromatic hydroxyl groups is 1. The molecule has 5 nitrogen and oxygen atoms in total. The number of aldehydes is 1. The van der Waals surface area contributed by atoms with Gasteiger partial charge in [0.15, 0.2) is 6.29 Å². The summed E-state index contributed by atoms with van der Waals surface area (Å²) >= 11 is 0. The second kappa shape index (κ2) is 3.52. The number of benzene rings is 1. The molecule has 0 radical (unpaired) electrons. The van der Waals surface area contributed by atoms with Gasteiger partial charge >= 0.3 is 5.97 Å². The van der Waals surface area contributed by atoms with Crippen LogP contribution in [0.1, 0.15) is 31.8 Å². The lowest BCUT2D eigenvalue weighted by Crippen LogP contribution is -2.02. The van der Waals surface area contributed by atoms with E-state index >= 15 is 0 Å². The first kappa shape index (κ1) is 10.5. The number of esters is 1. The largest absolute Gasteiger partial charge is 0.507 e. The van der Waals surface area contributed by atoms with Crippen molar-refractivity contribution in [3.8, 4) is 11.5 Å². The number of hydrogen-bond acceptors (Lipinski definition) is 5. The minimum Gasteiger partial charge on any atom is -0.507 e. The minimum absolute atomic E-state index is 0.00750. The normalized spacial score (nSPS) is 13.2. The molecule has 0 unspecified atom stereocenters. The summed E-state index contributed by atoms with van der Waals surface area (Å²) in [5, 5.41) is 9.82. The Balaban J connectivity index is 2.85. The highest BCUT2D eigenvalue weighted by atomic mass is 16.5. The van der Waals surface area contributed by atoms with Crippen molar-refractivity contribution in [2.24, 2.45) is 0 Å². The van der Waals surface area contributed by atoms with Gasteiger partial charge < -0.3 is 14.6 Å². The summed E-state index contributed by atoms with van der Waals surface area (Å²) in [6, 6.07) is 0. The number of rotatable bonds is 2. The third-order valence-electron chi connectivity index (χ3n) is 2.68. The van der Waals surface area contributed by atoms with Crippen LogP contribution in [0.15, 0.2) is 0 Å². The van der Waals surface area contributed by atoms with E-state index in [4.69, 9.17) is 9.47 Å². The van der Waals surface area contributed by atoms with Gasteiger partial charge in [-0.1, -0.05) is 0 Å². The Morgan fingerprint density at radius 2 is 2.19 bits per heavy atom. The molecule has 0 amide bonds. The Morgan fingerprint density at radius 3 is 2.75 bits per heavy atom. The Bertz CT molecular complexity index is 490. The van der Waals surface area contributed by atoms with Gasteiger partial charge in [0.2, 0.25) is 0 Å². The number of phenols is 1. The summed E-state index contributed by atoms with van der Waals surface area (Å²) in [4.78, 5) is 22.4. The zero-order chi connectivity index (χ0) is 11.9. The van der Waals surface area contributed by atoms with Crippen LogP contribution in [0.4, 0.5) is 0 Å². The summed E-state index contributed by atoms with van der Waals surface area (Å²) in [6.45, 7) is 1.57. The molecule has 16 heavy (non-hydrogen) atoms. The van der Waals surface area contributed by atoms with Crippen LogP contribution in [0.2, 0.25) is 0 Å². The minimum atomic E-state index is -0.610. The summed E-state index contributed by atoms with van der Waals surface area (Å²) in [7, 11) is 1.40. The van der Waals surface area contributed by atoms with E-state index in [9.17, 15) is 14.7 Å². The number of methoxy groups -OCH3 is 1. The maximum Gasteiger partial charge on any atom is 0.342 e. The zero-order valence-electron chi connectivity index (χ0n) is 8.86. The van der Waals surface area contributed by atoms with E-state index in [-0.39, 0.29) is 29.2 Å². The number of ether oxygens (including phenoxy) is 2. The molecule has 1 heterocycles. The lowest BCUT2D eigenvalue weighted by Gasteiger charge is -2.12. The lowest BCUT2D eigenvalue weighted by atomic mass is 9.97. The number of phenolic OH excluding ortho intramolecular Hbond substituents is 1. The molecule has 1 aromatic rings. The van der Waals surface area contributed by atoms with Gasteiger partial charge in [0.25, 0.3) is 0 Å². The highest BCUT2D eigenvalue weighted by molar-refractivity contribution is 6.01. The summed E-state index contributed by atoms with van der Waals surface area (Å²) in [5.74, 6) is -0.508. The van der Waals surface area contributed by atoms with Gasteiger partial charge in [-0.05, 0) is 6.92 Å². The third kappa shape index (κ3) is 1.18. The average Bonchev–Trinajstić information content (AvgIpc) is 2.65. The molecule has 1 aliphatic rings. The molecular weight excluding hydrogens is 212 g/mol. The van der Waals surface area contributed by atoms with Gasteiger partial charge in [-0.15, -0.1) is 0 Å². The number of hydrogen-bond donors (Lipinski definition) is 1. The monoisotopic (exact) mass is 222 g/mol. The first-order chi connectivity index (χ1) is 7.61. The molecule has 2 rings (SSSR count). The van der Waals surface area contributed by atoms with E-state index in [0.717, 1.165) is 0 Å². The molecule has 0 spiro atoms. The van der Waals surface area contributed by atoms with Crippen LogP contribution in [0.3, 0.4) is 0 Å². The van der Waals surface area contributed by atoms with Gasteiger partial charge in [0, 0.05) is 11.1 Å². The van der Waals surface area contributed by atoms with Crippen molar-refractivity contribution in [1.29, 1.82) is 0 Å². The Morgan fingerprint density at radius 1 is 1.50 bits per heavy atom. The standard InChI is InChI=1S/C11H10O5/c1-5-9(13)8-7(4-16-11(8)14)6(3-12)10(5)15-2/h3,13H,4H2,1-2H3. The Hall–Kier alpha value is -2.04. The smallest absolute Gasteiger partial charge is 0.342 e. The Labute approximate surface area is 91.6 Å². The molecule has 0 bridgehead atoms. The van der Waals surface area contributed by atoms with Crippen LogP contribution in [0, 0.1) is 6.92 Å². The first-order valence-corrected chi connectivity index (χ1v) is 4.66. The van der Waals surface area contributed by atoms with Crippen LogP contribution in [0.25, 0.3) is 0 Å². The average molecular weight is 222 g/mol. The van der Waals surface area contributed by atoms with Gasteiger partial charge in [0.1, 0.15) is 23.7 Å². The summed E-state index contributed by atoms with van der Waals surface area (Å²) in [6.07, 6.45) is 0.603. The van der Waals surface area contributed by atoms with E-state index in [1.54, 1.807) is 6.92 Å². The SMILES string of the molecule is COc1c(C)c(O)c2c(c1C=O)COC2=O. The first-order valence-electron chi connectivity index (χ1n) is 4.66. The van der Waals surface area contributed by atoms with E-state index in [1.807, 2.05) is 0 Å². The predicted octanol–water partition coefficient (Wildman–Crippen LogP) is 1.19. The molecule has 0 aliphatic carbocycles. The van der Waals surface area contributed by atoms with Crippen molar-refractivity contribution in [2.45, 2.75) is 13.5 Å². The van der Waals surface area contributed by atoms with Crippen LogP contribution >= 0.6 is 0 Å². The fourth-order valence-electron chi connectivity index (χ4n) is 1.88. The predicted molar refractivity (Wildman–Crippen MR) is 53.9 cm³/mol. The molecule has 1 aliphatic heterocycles. The van der Waals surface area contributed by atoms with E-state index in [0.29, 0.717) is 17.4 Å². The van der Waals surface area contributed by atoms with Crippen molar-refractivity contribution < 1.29 is 24.2 Å². The fraction of sp³-hybridized carbons (Fsp3) is 0.273. The highest BCUT2D eigenvalue weighted by Gasteiger charge is 2.32. The zero-order valence-corrected chi connectivity index (χ0v) is 8.86. The molecular formula is C11H10O5. The number of carbonyl (C=O) groups is 2. The van der Waals surface area contributed by atoms with Crippen molar-refractivity contribution in [3.63, 3.8) is 0 Å². The topological polar surface area (TPSA) is 72.8 Å². The van der Waals surface area contributed by atoms with Crippen molar-refractivity contribution in [1.82, 2.24) is 0 Å². The molecule has 1 aromatic carbocycles. The van der Waals surface area contributed by atoms with Gasteiger partial charge in [-0.2, -0.15) is 0 Å².